The van der Waals surface area contributed by atoms with Gasteiger partial charge in [-0.15, -0.1) is 0 Å². The first kappa shape index (κ1) is 27.1. The first-order valence-electron chi connectivity index (χ1n) is 12.3. The number of anilines is 1. The van der Waals surface area contributed by atoms with Gasteiger partial charge in [-0.2, -0.15) is 0 Å². The molecule has 194 valence electrons. The minimum Gasteiger partial charge on any atom is -0.491 e. The smallest absolute Gasteiger partial charge is 0.272 e. The zero-order valence-corrected chi connectivity index (χ0v) is 21.7. The van der Waals surface area contributed by atoms with Crippen molar-refractivity contribution in [3.8, 4) is 5.75 Å². The number of nitrogens with one attached hydrogen (secondary N) is 1. The average molecular weight is 497 g/mol. The molecular formula is C27H36N4O5. The Bertz CT molecular complexity index is 1060. The molecule has 3 amide bonds. The van der Waals surface area contributed by atoms with Crippen molar-refractivity contribution in [2.45, 2.75) is 45.8 Å². The Morgan fingerprint density at radius 2 is 1.97 bits per heavy atom. The molecule has 2 aromatic rings. The van der Waals surface area contributed by atoms with E-state index in [4.69, 9.17) is 9.47 Å². The monoisotopic (exact) mass is 496 g/mol. The van der Waals surface area contributed by atoms with E-state index >= 15 is 0 Å². The molecule has 0 saturated carbocycles. The fourth-order valence-electron chi connectivity index (χ4n) is 4.22. The molecule has 0 saturated heterocycles. The maximum atomic E-state index is 13.4. The van der Waals surface area contributed by atoms with Crippen LogP contribution in [-0.4, -0.2) is 78.5 Å². The number of aromatic nitrogens is 1. The molecule has 0 fully saturated rings. The highest BCUT2D eigenvalue weighted by atomic mass is 16.5. The van der Waals surface area contributed by atoms with E-state index in [1.54, 1.807) is 66.6 Å². The number of fused-ring (bicyclic) bond motifs is 1. The number of rotatable bonds is 5. The van der Waals surface area contributed by atoms with E-state index in [-0.39, 0.29) is 42.4 Å². The van der Waals surface area contributed by atoms with Crippen molar-refractivity contribution in [1.29, 1.82) is 0 Å². The maximum absolute atomic E-state index is 13.4. The highest BCUT2D eigenvalue weighted by Gasteiger charge is 2.31. The minimum atomic E-state index is -0.304. The van der Waals surface area contributed by atoms with Crippen LogP contribution < -0.4 is 10.1 Å². The normalized spacial score (nSPS) is 21.0. The zero-order valence-electron chi connectivity index (χ0n) is 21.7. The van der Waals surface area contributed by atoms with E-state index in [1.807, 2.05) is 20.8 Å². The fraction of sp³-hybridized carbons (Fsp3) is 0.481. The van der Waals surface area contributed by atoms with Crippen LogP contribution in [0.5, 0.6) is 5.75 Å². The number of methoxy groups -OCH3 is 1. The van der Waals surface area contributed by atoms with Gasteiger partial charge in [-0.1, -0.05) is 19.9 Å². The van der Waals surface area contributed by atoms with Gasteiger partial charge < -0.3 is 24.6 Å². The van der Waals surface area contributed by atoms with Gasteiger partial charge in [0.1, 0.15) is 18.1 Å². The molecule has 3 atom stereocenters. The van der Waals surface area contributed by atoms with Crippen LogP contribution >= 0.6 is 0 Å². The standard InChI is InChI=1S/C27H36N4O5/c1-6-9-25(32)29-20-11-12-23-21(14-20)26(33)30(4)16-24(35-5)18(2)15-31(19(3)17-36-23)27(34)22-10-7-8-13-28-22/h7-8,10-14,18-19,24H,6,9,15-17H2,1-5H3,(H,29,32)/t18-,19+,24-/m1/s1. The summed E-state index contributed by atoms with van der Waals surface area (Å²) in [4.78, 5) is 46.5. The summed E-state index contributed by atoms with van der Waals surface area (Å²) >= 11 is 0. The lowest BCUT2D eigenvalue weighted by Gasteiger charge is -2.36. The van der Waals surface area contributed by atoms with Crippen molar-refractivity contribution < 1.29 is 23.9 Å². The van der Waals surface area contributed by atoms with Gasteiger partial charge >= 0.3 is 0 Å². The Kier molecular flexibility index (Phi) is 9.41. The number of carbonyl (C=O) groups is 3. The van der Waals surface area contributed by atoms with Gasteiger partial charge in [-0.05, 0) is 43.7 Å². The maximum Gasteiger partial charge on any atom is 0.272 e. The van der Waals surface area contributed by atoms with Crippen molar-refractivity contribution in [1.82, 2.24) is 14.8 Å². The van der Waals surface area contributed by atoms with Gasteiger partial charge in [0.15, 0.2) is 0 Å². The predicted octanol–water partition coefficient (Wildman–Crippen LogP) is 3.47. The second kappa shape index (κ2) is 12.5. The van der Waals surface area contributed by atoms with Crippen LogP contribution in [0.2, 0.25) is 0 Å². The largest absolute Gasteiger partial charge is 0.491 e. The summed E-state index contributed by atoms with van der Waals surface area (Å²) in [5.74, 6) is -0.221. The van der Waals surface area contributed by atoms with Crippen LogP contribution in [0.3, 0.4) is 0 Å². The zero-order chi connectivity index (χ0) is 26.2. The second-order valence-electron chi connectivity index (χ2n) is 9.28. The molecule has 1 aliphatic rings. The van der Waals surface area contributed by atoms with Gasteiger partial charge in [0, 0.05) is 51.5 Å². The molecule has 1 aromatic heterocycles. The first-order chi connectivity index (χ1) is 17.2. The molecule has 0 bridgehead atoms. The van der Waals surface area contributed by atoms with Crippen LogP contribution in [0.25, 0.3) is 0 Å². The summed E-state index contributed by atoms with van der Waals surface area (Å²) in [7, 11) is 3.32. The molecule has 9 nitrogen and oxygen atoms in total. The van der Waals surface area contributed by atoms with E-state index < -0.39 is 0 Å². The Morgan fingerprint density at radius 3 is 2.64 bits per heavy atom. The molecule has 1 aliphatic heterocycles. The van der Waals surface area contributed by atoms with Crippen LogP contribution in [0.4, 0.5) is 5.69 Å². The highest BCUT2D eigenvalue weighted by Crippen LogP contribution is 2.27. The number of pyridine rings is 1. The number of nitrogens with zero attached hydrogens (tertiary/aromatic N) is 3. The number of carbonyl (C=O) groups excluding carboxylic acids is 3. The number of ether oxygens (including phenoxy) is 2. The number of benzene rings is 1. The van der Waals surface area contributed by atoms with Crippen molar-refractivity contribution in [2.24, 2.45) is 5.92 Å². The summed E-state index contributed by atoms with van der Waals surface area (Å²) in [5.41, 5.74) is 1.23. The molecule has 3 rings (SSSR count). The molecular weight excluding hydrogens is 460 g/mol. The van der Waals surface area contributed by atoms with E-state index in [9.17, 15) is 14.4 Å². The molecule has 0 spiro atoms. The number of hydrogen-bond acceptors (Lipinski definition) is 6. The first-order valence-corrected chi connectivity index (χ1v) is 12.3. The average Bonchev–Trinajstić information content (AvgIpc) is 2.88. The lowest BCUT2D eigenvalue weighted by atomic mass is 10.0. The summed E-state index contributed by atoms with van der Waals surface area (Å²) in [6, 6.07) is 9.98. The Morgan fingerprint density at radius 1 is 1.19 bits per heavy atom. The SMILES string of the molecule is CCCC(=O)Nc1ccc2c(c1)C(=O)N(C)C[C@@H](OC)[C@H](C)CN(C(=O)c1ccccn1)[C@@H](C)CO2. The van der Waals surface area contributed by atoms with Crippen molar-refractivity contribution >= 4 is 23.4 Å². The van der Waals surface area contributed by atoms with E-state index in [2.05, 4.69) is 10.3 Å². The number of amides is 3. The Labute approximate surface area is 212 Å². The van der Waals surface area contributed by atoms with Gasteiger partial charge in [-0.3, -0.25) is 19.4 Å². The van der Waals surface area contributed by atoms with Gasteiger partial charge in [0.2, 0.25) is 5.91 Å². The summed E-state index contributed by atoms with van der Waals surface area (Å²) in [6.07, 6.45) is 2.41. The third kappa shape index (κ3) is 6.60. The third-order valence-corrected chi connectivity index (χ3v) is 6.35. The molecule has 1 N–H and O–H groups in total. The van der Waals surface area contributed by atoms with Gasteiger partial charge in [0.05, 0.1) is 17.7 Å². The molecule has 0 aliphatic carbocycles. The predicted molar refractivity (Wildman–Crippen MR) is 137 cm³/mol. The third-order valence-electron chi connectivity index (χ3n) is 6.35. The van der Waals surface area contributed by atoms with E-state index in [0.717, 1.165) is 6.42 Å². The van der Waals surface area contributed by atoms with Crippen molar-refractivity contribution in [2.75, 3.05) is 39.2 Å². The van der Waals surface area contributed by atoms with Crippen LogP contribution in [0, 0.1) is 5.92 Å². The lowest BCUT2D eigenvalue weighted by Crippen LogP contribution is -2.48. The molecule has 0 unspecified atom stereocenters. The van der Waals surface area contributed by atoms with Gasteiger partial charge in [-0.25, -0.2) is 0 Å². The van der Waals surface area contributed by atoms with Crippen LogP contribution in [-0.2, 0) is 9.53 Å². The topological polar surface area (TPSA) is 101 Å². The highest BCUT2D eigenvalue weighted by molar-refractivity contribution is 5.99. The Balaban J connectivity index is 1.96. The van der Waals surface area contributed by atoms with Crippen LogP contribution in [0.15, 0.2) is 42.6 Å². The van der Waals surface area contributed by atoms with Gasteiger partial charge in [0.25, 0.3) is 11.8 Å². The summed E-state index contributed by atoms with van der Waals surface area (Å²) < 4.78 is 11.8. The summed E-state index contributed by atoms with van der Waals surface area (Å²) in [6.45, 7) is 6.75. The van der Waals surface area contributed by atoms with E-state index in [1.165, 1.54) is 0 Å². The summed E-state index contributed by atoms with van der Waals surface area (Å²) in [5, 5.41) is 2.84. The minimum absolute atomic E-state index is 0.0704. The number of hydrogen-bond donors (Lipinski definition) is 1. The van der Waals surface area contributed by atoms with Crippen LogP contribution in [0.1, 0.15) is 54.5 Å². The molecule has 9 heteroatoms. The van der Waals surface area contributed by atoms with Crippen molar-refractivity contribution in [3.05, 3.63) is 53.9 Å². The number of likely N-dealkylation sites (N-methyl/N-ethyl adjacent to an activating group) is 1. The second-order valence-corrected chi connectivity index (χ2v) is 9.28. The molecule has 2 heterocycles. The molecule has 1 aromatic carbocycles. The van der Waals surface area contributed by atoms with E-state index in [0.29, 0.717) is 42.2 Å². The quantitative estimate of drug-likeness (QED) is 0.680. The van der Waals surface area contributed by atoms with Crippen molar-refractivity contribution in [3.63, 3.8) is 0 Å². The lowest BCUT2D eigenvalue weighted by molar-refractivity contribution is -0.116. The molecule has 0 radical (unpaired) electrons. The fourth-order valence-corrected chi connectivity index (χ4v) is 4.22. The Hall–Kier alpha value is -3.46. The molecule has 36 heavy (non-hydrogen) atoms.